The zero-order valence-electron chi connectivity index (χ0n) is 8.22. The molecule has 0 heterocycles. The number of benzene rings is 1. The van der Waals surface area contributed by atoms with Gasteiger partial charge in [-0.1, -0.05) is 0 Å². The minimum atomic E-state index is -2.49. The second-order valence-electron chi connectivity index (χ2n) is 2.80. The maximum atomic E-state index is 11.1. The van der Waals surface area contributed by atoms with E-state index in [0.29, 0.717) is 16.8 Å². The van der Waals surface area contributed by atoms with Gasteiger partial charge in [0.15, 0.2) is 0 Å². The van der Waals surface area contributed by atoms with Crippen LogP contribution in [0.4, 0.5) is 5.69 Å². The minimum Gasteiger partial charge on any atom is -0.465 e. The Kier molecular flexibility index (Phi) is 3.56. The number of hydrogen-bond donors (Lipinski definition) is 0. The van der Waals surface area contributed by atoms with Crippen LogP contribution in [0.3, 0.4) is 0 Å². The van der Waals surface area contributed by atoms with Crippen LogP contribution >= 0.6 is 0 Å². The van der Waals surface area contributed by atoms with Crippen LogP contribution in [0.2, 0.25) is 0 Å². The van der Waals surface area contributed by atoms with Crippen LogP contribution < -0.4 is 0 Å². The summed E-state index contributed by atoms with van der Waals surface area (Å²) in [6.45, 7) is 1.66. The molecule has 0 aliphatic heterocycles. The standard InChI is InChI=1S/C9H9NO4S/c1-6-5-7(9(11)14-2)3-4-8(6)10-15(12)13/h3-5H,1-2H3. The van der Waals surface area contributed by atoms with Crippen LogP contribution in [0.25, 0.3) is 0 Å². The molecular weight excluding hydrogens is 218 g/mol. The molecule has 0 N–H and O–H groups in total. The number of esters is 1. The zero-order chi connectivity index (χ0) is 11.4. The first-order valence-corrected chi connectivity index (χ1v) is 5.08. The number of hydrogen-bond acceptors (Lipinski definition) is 5. The first kappa shape index (κ1) is 11.4. The molecule has 0 aliphatic rings. The van der Waals surface area contributed by atoms with E-state index >= 15 is 0 Å². The largest absolute Gasteiger partial charge is 0.465 e. The maximum Gasteiger partial charge on any atom is 0.337 e. The van der Waals surface area contributed by atoms with Gasteiger partial charge in [-0.3, -0.25) is 0 Å². The van der Waals surface area contributed by atoms with Crippen molar-refractivity contribution >= 4 is 22.2 Å². The quantitative estimate of drug-likeness (QED) is 0.717. The van der Waals surface area contributed by atoms with Crippen LogP contribution in [-0.4, -0.2) is 21.5 Å². The molecule has 1 aromatic carbocycles. The normalized spacial score (nSPS) is 9.47. The Bertz CT molecular complexity index is 511. The second kappa shape index (κ2) is 4.70. The Morgan fingerprint density at radius 3 is 2.53 bits per heavy atom. The van der Waals surface area contributed by atoms with Gasteiger partial charge in [0, 0.05) is 0 Å². The molecule has 0 atom stereocenters. The van der Waals surface area contributed by atoms with E-state index in [1.54, 1.807) is 6.92 Å². The summed E-state index contributed by atoms with van der Waals surface area (Å²) in [5.41, 5.74) is 1.28. The molecule has 80 valence electrons. The predicted molar refractivity (Wildman–Crippen MR) is 53.5 cm³/mol. The lowest BCUT2D eigenvalue weighted by atomic mass is 10.1. The highest BCUT2D eigenvalue weighted by atomic mass is 32.2. The van der Waals surface area contributed by atoms with Crippen molar-refractivity contribution in [1.82, 2.24) is 0 Å². The van der Waals surface area contributed by atoms with Gasteiger partial charge in [0.05, 0.1) is 18.4 Å². The lowest BCUT2D eigenvalue weighted by Gasteiger charge is -2.01. The fourth-order valence-corrected chi connectivity index (χ4v) is 1.45. The summed E-state index contributed by atoms with van der Waals surface area (Å²) >= 11 is 0. The average Bonchev–Trinajstić information content (AvgIpc) is 2.19. The van der Waals surface area contributed by atoms with Crippen molar-refractivity contribution in [3.8, 4) is 0 Å². The number of ether oxygens (including phenoxy) is 1. The summed E-state index contributed by atoms with van der Waals surface area (Å²) in [5, 5.41) is 0. The highest BCUT2D eigenvalue weighted by molar-refractivity contribution is 7.61. The average molecular weight is 227 g/mol. The third-order valence-corrected chi connectivity index (χ3v) is 2.14. The van der Waals surface area contributed by atoms with Crippen LogP contribution in [0, 0.1) is 6.92 Å². The predicted octanol–water partition coefficient (Wildman–Crippen LogP) is 1.48. The molecule has 0 radical (unpaired) electrons. The molecule has 0 bridgehead atoms. The summed E-state index contributed by atoms with van der Waals surface area (Å²) < 4.78 is 28.5. The fourth-order valence-electron chi connectivity index (χ4n) is 1.08. The Hall–Kier alpha value is -1.69. The SMILES string of the molecule is COC(=O)c1ccc(N=S(=O)=O)c(C)c1. The molecule has 5 nitrogen and oxygen atoms in total. The van der Waals surface area contributed by atoms with Crippen LogP contribution in [-0.2, 0) is 15.2 Å². The van der Waals surface area contributed by atoms with Gasteiger partial charge in [0.1, 0.15) is 0 Å². The maximum absolute atomic E-state index is 11.1. The van der Waals surface area contributed by atoms with Gasteiger partial charge in [-0.2, -0.15) is 8.42 Å². The highest BCUT2D eigenvalue weighted by Crippen LogP contribution is 2.19. The van der Waals surface area contributed by atoms with Crippen molar-refractivity contribution in [2.75, 3.05) is 7.11 Å². The van der Waals surface area contributed by atoms with E-state index in [1.807, 2.05) is 0 Å². The van der Waals surface area contributed by atoms with E-state index in [0.717, 1.165) is 0 Å². The summed E-state index contributed by atoms with van der Waals surface area (Å²) in [4.78, 5) is 11.1. The Morgan fingerprint density at radius 1 is 1.40 bits per heavy atom. The highest BCUT2D eigenvalue weighted by Gasteiger charge is 2.06. The second-order valence-corrected chi connectivity index (χ2v) is 3.42. The van der Waals surface area contributed by atoms with E-state index in [2.05, 4.69) is 9.10 Å². The molecule has 0 spiro atoms. The number of aryl methyl sites for hydroxylation is 1. The number of rotatable bonds is 2. The number of carbonyl (C=O) groups excluding carboxylic acids is 1. The first-order chi connectivity index (χ1) is 7.04. The summed E-state index contributed by atoms with van der Waals surface area (Å²) in [6, 6.07) is 4.44. The third-order valence-electron chi connectivity index (χ3n) is 1.79. The van der Waals surface area contributed by atoms with Crippen molar-refractivity contribution < 1.29 is 17.9 Å². The Balaban J connectivity index is 3.20. The third kappa shape index (κ3) is 2.88. The minimum absolute atomic E-state index is 0.316. The van der Waals surface area contributed by atoms with Gasteiger partial charge < -0.3 is 4.74 Å². The topological polar surface area (TPSA) is 72.8 Å². The van der Waals surface area contributed by atoms with E-state index in [9.17, 15) is 13.2 Å². The van der Waals surface area contributed by atoms with E-state index in [4.69, 9.17) is 0 Å². The molecule has 0 fully saturated rings. The molecule has 0 saturated carbocycles. The molecule has 0 amide bonds. The van der Waals surface area contributed by atoms with Crippen molar-refractivity contribution in [3.05, 3.63) is 29.3 Å². The summed E-state index contributed by atoms with van der Waals surface area (Å²) in [5.74, 6) is -0.465. The van der Waals surface area contributed by atoms with Gasteiger partial charge in [0.2, 0.25) is 0 Å². The molecule has 1 aromatic rings. The molecule has 0 unspecified atom stereocenters. The lowest BCUT2D eigenvalue weighted by molar-refractivity contribution is 0.0600. The lowest BCUT2D eigenvalue weighted by Crippen LogP contribution is -2.00. The van der Waals surface area contributed by atoms with Crippen LogP contribution in [0.1, 0.15) is 15.9 Å². The smallest absolute Gasteiger partial charge is 0.337 e. The molecule has 1 rings (SSSR count). The molecule has 6 heteroatoms. The number of methoxy groups -OCH3 is 1. The first-order valence-electron chi connectivity index (χ1n) is 4.04. The molecule has 0 saturated heterocycles. The van der Waals surface area contributed by atoms with Crippen molar-refractivity contribution in [1.29, 1.82) is 0 Å². The van der Waals surface area contributed by atoms with Crippen molar-refractivity contribution in [2.24, 2.45) is 4.36 Å². The number of carbonyl (C=O) groups is 1. The number of nitrogens with zero attached hydrogens (tertiary/aromatic N) is 1. The monoisotopic (exact) mass is 227 g/mol. The van der Waals surface area contributed by atoms with Gasteiger partial charge in [-0.25, -0.2) is 4.79 Å². The van der Waals surface area contributed by atoms with Crippen LogP contribution in [0.5, 0.6) is 0 Å². The fraction of sp³-hybridized carbons (Fsp3) is 0.222. The summed E-state index contributed by atoms with van der Waals surface area (Å²) in [6.07, 6.45) is 0. The van der Waals surface area contributed by atoms with Crippen molar-refractivity contribution in [3.63, 3.8) is 0 Å². The van der Waals surface area contributed by atoms with E-state index in [1.165, 1.54) is 25.3 Å². The van der Waals surface area contributed by atoms with Gasteiger partial charge in [0.25, 0.3) is 0 Å². The molecule has 15 heavy (non-hydrogen) atoms. The van der Waals surface area contributed by atoms with Crippen LogP contribution in [0.15, 0.2) is 22.6 Å². The van der Waals surface area contributed by atoms with E-state index in [-0.39, 0.29) is 0 Å². The Morgan fingerprint density at radius 2 is 2.07 bits per heavy atom. The zero-order valence-corrected chi connectivity index (χ0v) is 9.04. The van der Waals surface area contributed by atoms with Crippen molar-refractivity contribution in [2.45, 2.75) is 6.92 Å². The summed E-state index contributed by atoms with van der Waals surface area (Å²) in [7, 11) is -1.21. The molecule has 0 aromatic heterocycles. The molecular formula is C9H9NO4S. The van der Waals surface area contributed by atoms with Gasteiger partial charge >= 0.3 is 16.5 Å². The Labute approximate surface area is 88.4 Å². The molecule has 0 aliphatic carbocycles. The van der Waals surface area contributed by atoms with E-state index < -0.39 is 16.5 Å². The van der Waals surface area contributed by atoms with Gasteiger partial charge in [-0.05, 0) is 30.7 Å². The van der Waals surface area contributed by atoms with Gasteiger partial charge in [-0.15, -0.1) is 4.36 Å².